The van der Waals surface area contributed by atoms with Crippen molar-refractivity contribution in [3.63, 3.8) is 0 Å². The average molecular weight is 280 g/mol. The number of allylic oxidation sites excluding steroid dienone is 1. The van der Waals surface area contributed by atoms with Crippen molar-refractivity contribution in [1.29, 1.82) is 0 Å². The van der Waals surface area contributed by atoms with Gasteiger partial charge in [-0.05, 0) is 59.6 Å². The second kappa shape index (κ2) is 5.48. The molecule has 1 atom stereocenters. The van der Waals surface area contributed by atoms with Crippen molar-refractivity contribution in [1.82, 2.24) is 0 Å². The van der Waals surface area contributed by atoms with E-state index in [4.69, 9.17) is 0 Å². The fourth-order valence-corrected chi connectivity index (χ4v) is 3.47. The summed E-state index contributed by atoms with van der Waals surface area (Å²) in [6, 6.07) is 15.5. The van der Waals surface area contributed by atoms with E-state index in [0.717, 1.165) is 12.0 Å². The van der Waals surface area contributed by atoms with Gasteiger partial charge in [-0.3, -0.25) is 0 Å². The molecule has 2 aromatic carbocycles. The molecular formula is C20H21F. The van der Waals surface area contributed by atoms with Gasteiger partial charge in [0.05, 0.1) is 0 Å². The Hall–Kier alpha value is -1.89. The molecule has 0 heterocycles. The highest BCUT2D eigenvalue weighted by Gasteiger charge is 2.27. The molecule has 0 bridgehead atoms. The van der Waals surface area contributed by atoms with Gasteiger partial charge in [0.2, 0.25) is 0 Å². The Labute approximate surface area is 126 Å². The molecule has 0 fully saturated rings. The third-order valence-electron chi connectivity index (χ3n) is 4.61. The topological polar surface area (TPSA) is 0 Å². The lowest BCUT2D eigenvalue weighted by Crippen LogP contribution is -2.20. The van der Waals surface area contributed by atoms with Crippen LogP contribution >= 0.6 is 0 Å². The first-order chi connectivity index (χ1) is 10.1. The molecule has 0 saturated carbocycles. The molecule has 0 aliphatic heterocycles. The van der Waals surface area contributed by atoms with Crippen molar-refractivity contribution in [2.24, 2.45) is 11.8 Å². The van der Waals surface area contributed by atoms with E-state index in [9.17, 15) is 4.39 Å². The molecule has 1 unspecified atom stereocenters. The predicted molar refractivity (Wildman–Crippen MR) is 86.6 cm³/mol. The number of halogens is 1. The van der Waals surface area contributed by atoms with Crippen LogP contribution in [-0.2, 0) is 6.42 Å². The summed E-state index contributed by atoms with van der Waals surface area (Å²) in [6.45, 7) is 6.80. The summed E-state index contributed by atoms with van der Waals surface area (Å²) >= 11 is 0. The molecule has 1 aliphatic carbocycles. The zero-order chi connectivity index (χ0) is 15.0. The Morgan fingerprint density at radius 2 is 1.67 bits per heavy atom. The maximum Gasteiger partial charge on any atom is 0.123 e. The Kier molecular flexibility index (Phi) is 3.67. The van der Waals surface area contributed by atoms with Gasteiger partial charge in [-0.25, -0.2) is 4.39 Å². The first kappa shape index (κ1) is 14.1. The zero-order valence-electron chi connectivity index (χ0n) is 12.9. The third-order valence-corrected chi connectivity index (χ3v) is 4.61. The Bertz CT molecular complexity index is 677. The molecule has 108 valence electrons. The van der Waals surface area contributed by atoms with Crippen molar-refractivity contribution < 1.29 is 4.39 Å². The Morgan fingerprint density at radius 1 is 1.00 bits per heavy atom. The molecule has 0 amide bonds. The van der Waals surface area contributed by atoms with E-state index < -0.39 is 0 Å². The molecule has 0 N–H and O–H groups in total. The molecule has 21 heavy (non-hydrogen) atoms. The molecule has 1 heteroatoms. The average Bonchev–Trinajstić information content (AvgIpc) is 2.48. The van der Waals surface area contributed by atoms with Crippen LogP contribution in [0.1, 0.15) is 37.5 Å². The summed E-state index contributed by atoms with van der Waals surface area (Å²) in [5.74, 6) is 0.982. The van der Waals surface area contributed by atoms with Gasteiger partial charge in [0, 0.05) is 0 Å². The minimum Gasteiger partial charge on any atom is -0.207 e. The molecule has 0 nitrogen and oxygen atoms in total. The second-order valence-electron chi connectivity index (χ2n) is 6.28. The van der Waals surface area contributed by atoms with Gasteiger partial charge in [0.25, 0.3) is 0 Å². The van der Waals surface area contributed by atoms with Crippen LogP contribution in [0.15, 0.2) is 54.1 Å². The van der Waals surface area contributed by atoms with Crippen LogP contribution in [-0.4, -0.2) is 0 Å². The van der Waals surface area contributed by atoms with Crippen LogP contribution < -0.4 is 0 Å². The Morgan fingerprint density at radius 3 is 2.33 bits per heavy atom. The van der Waals surface area contributed by atoms with E-state index in [2.05, 4.69) is 45.0 Å². The van der Waals surface area contributed by atoms with Crippen LogP contribution in [0.25, 0.3) is 5.57 Å². The minimum atomic E-state index is -0.179. The fraction of sp³-hybridized carbons (Fsp3) is 0.300. The molecule has 0 aromatic heterocycles. The SMILES string of the molecule is CC1=C(c2ccc(F)cc2)c2ccccc2CC1C(C)C. The van der Waals surface area contributed by atoms with Gasteiger partial charge >= 0.3 is 0 Å². The molecule has 0 saturated heterocycles. The summed E-state index contributed by atoms with van der Waals surface area (Å²) in [6.07, 6.45) is 1.10. The summed E-state index contributed by atoms with van der Waals surface area (Å²) in [5.41, 5.74) is 6.54. The van der Waals surface area contributed by atoms with Crippen LogP contribution in [0, 0.1) is 17.7 Å². The van der Waals surface area contributed by atoms with E-state index in [1.54, 1.807) is 12.1 Å². The number of hydrogen-bond acceptors (Lipinski definition) is 0. The van der Waals surface area contributed by atoms with Crippen LogP contribution in [0.3, 0.4) is 0 Å². The van der Waals surface area contributed by atoms with E-state index in [1.807, 2.05) is 12.1 Å². The lowest BCUT2D eigenvalue weighted by Gasteiger charge is -2.31. The fourth-order valence-electron chi connectivity index (χ4n) is 3.47. The first-order valence-electron chi connectivity index (χ1n) is 7.63. The van der Waals surface area contributed by atoms with E-state index in [1.165, 1.54) is 22.3 Å². The molecule has 0 radical (unpaired) electrons. The lowest BCUT2D eigenvalue weighted by atomic mass is 9.73. The molecular weight excluding hydrogens is 259 g/mol. The van der Waals surface area contributed by atoms with Gasteiger partial charge < -0.3 is 0 Å². The summed E-state index contributed by atoms with van der Waals surface area (Å²) in [4.78, 5) is 0. The maximum absolute atomic E-state index is 13.2. The monoisotopic (exact) mass is 280 g/mol. The van der Waals surface area contributed by atoms with Crippen molar-refractivity contribution in [3.8, 4) is 0 Å². The summed E-state index contributed by atoms with van der Waals surface area (Å²) in [7, 11) is 0. The largest absolute Gasteiger partial charge is 0.207 e. The molecule has 1 aliphatic rings. The Balaban J connectivity index is 2.21. The molecule has 0 spiro atoms. The standard InChI is InChI=1S/C20H21F/c1-13(2)19-12-16-6-4-5-7-18(16)20(14(19)3)15-8-10-17(21)11-9-15/h4-11,13,19H,12H2,1-3H3. The van der Waals surface area contributed by atoms with Crippen LogP contribution in [0.5, 0.6) is 0 Å². The number of benzene rings is 2. The predicted octanol–water partition coefficient (Wildman–Crippen LogP) is 5.48. The number of fused-ring (bicyclic) bond motifs is 1. The van der Waals surface area contributed by atoms with E-state index in [-0.39, 0.29) is 5.82 Å². The van der Waals surface area contributed by atoms with E-state index in [0.29, 0.717) is 11.8 Å². The first-order valence-corrected chi connectivity index (χ1v) is 7.63. The second-order valence-corrected chi connectivity index (χ2v) is 6.28. The van der Waals surface area contributed by atoms with Gasteiger partial charge in [0.1, 0.15) is 5.82 Å². The van der Waals surface area contributed by atoms with Crippen molar-refractivity contribution in [3.05, 3.63) is 76.6 Å². The van der Waals surface area contributed by atoms with Crippen LogP contribution in [0.4, 0.5) is 4.39 Å². The quantitative estimate of drug-likeness (QED) is 0.683. The third kappa shape index (κ3) is 2.53. The normalized spacial score (nSPS) is 18.0. The van der Waals surface area contributed by atoms with Crippen LogP contribution in [0.2, 0.25) is 0 Å². The molecule has 3 rings (SSSR count). The van der Waals surface area contributed by atoms with E-state index >= 15 is 0 Å². The maximum atomic E-state index is 13.2. The van der Waals surface area contributed by atoms with Gasteiger partial charge in [-0.15, -0.1) is 0 Å². The van der Waals surface area contributed by atoms with Crippen molar-refractivity contribution >= 4 is 5.57 Å². The highest BCUT2D eigenvalue weighted by molar-refractivity contribution is 5.85. The van der Waals surface area contributed by atoms with Crippen molar-refractivity contribution in [2.75, 3.05) is 0 Å². The summed E-state index contributed by atoms with van der Waals surface area (Å²) < 4.78 is 13.2. The molecule has 2 aromatic rings. The van der Waals surface area contributed by atoms with Crippen molar-refractivity contribution in [2.45, 2.75) is 27.2 Å². The van der Waals surface area contributed by atoms with Gasteiger partial charge in [-0.1, -0.05) is 55.8 Å². The highest BCUT2D eigenvalue weighted by Crippen LogP contribution is 2.41. The minimum absolute atomic E-state index is 0.179. The lowest BCUT2D eigenvalue weighted by molar-refractivity contribution is 0.437. The smallest absolute Gasteiger partial charge is 0.123 e. The zero-order valence-corrected chi connectivity index (χ0v) is 12.9. The summed E-state index contributed by atoms with van der Waals surface area (Å²) in [5, 5.41) is 0. The van der Waals surface area contributed by atoms with Gasteiger partial charge in [0.15, 0.2) is 0 Å². The highest BCUT2D eigenvalue weighted by atomic mass is 19.1. The number of rotatable bonds is 2. The number of hydrogen-bond donors (Lipinski definition) is 0. The van der Waals surface area contributed by atoms with Gasteiger partial charge in [-0.2, -0.15) is 0 Å².